The van der Waals surface area contributed by atoms with Crippen molar-refractivity contribution in [1.29, 1.82) is 0 Å². The van der Waals surface area contributed by atoms with Crippen molar-refractivity contribution in [2.75, 3.05) is 0 Å². The van der Waals surface area contributed by atoms with Crippen molar-refractivity contribution < 1.29 is 22.3 Å². The molecule has 0 unspecified atom stereocenters. The molecule has 0 atom stereocenters. The number of benzene rings is 1. The fourth-order valence-electron chi connectivity index (χ4n) is 0.995. The summed E-state index contributed by atoms with van der Waals surface area (Å²) < 4.78 is 0. The summed E-state index contributed by atoms with van der Waals surface area (Å²) in [5.74, 6) is 0. The number of H-pyrrole nitrogens is 1. The number of hydrogen-bond donors (Lipinski definition) is 1. The Morgan fingerprint density at radius 1 is 1.09 bits per heavy atom. The van der Waals surface area contributed by atoms with Crippen molar-refractivity contribution in [3.63, 3.8) is 0 Å². The van der Waals surface area contributed by atoms with Crippen LogP contribution in [-0.2, 0) is 19.5 Å². The summed E-state index contributed by atoms with van der Waals surface area (Å²) in [4.78, 5) is 3.12. The van der Waals surface area contributed by atoms with Gasteiger partial charge in [-0.3, -0.25) is 0 Å². The summed E-state index contributed by atoms with van der Waals surface area (Å²) in [7, 11) is 0. The molecule has 11 heavy (non-hydrogen) atoms. The van der Waals surface area contributed by atoms with E-state index in [1.54, 1.807) is 0 Å². The zero-order chi connectivity index (χ0) is 6.10. The Balaban J connectivity index is -0.000000250. The molecule has 0 aliphatic carbocycles. The van der Waals surface area contributed by atoms with Crippen molar-refractivity contribution in [2.24, 2.45) is 0 Å². The van der Waals surface area contributed by atoms with Gasteiger partial charge in [0.1, 0.15) is 0 Å². The van der Waals surface area contributed by atoms with Crippen molar-refractivity contribution in [2.45, 2.75) is 0 Å². The van der Waals surface area contributed by atoms with Crippen LogP contribution in [0.4, 0.5) is 0 Å². The van der Waals surface area contributed by atoms with Gasteiger partial charge in [0.15, 0.2) is 0 Å². The minimum Gasteiger partial charge on any atom is -1.00 e. The molecule has 0 bridgehead atoms. The van der Waals surface area contributed by atoms with Gasteiger partial charge < -0.3 is 7.84 Å². The Morgan fingerprint density at radius 3 is 2.55 bits per heavy atom. The molecule has 0 aliphatic heterocycles. The summed E-state index contributed by atoms with van der Waals surface area (Å²) in [6, 6.07) is 10.3. The Bertz CT molecular complexity index is 296. The van der Waals surface area contributed by atoms with E-state index >= 15 is 0 Å². The van der Waals surface area contributed by atoms with Crippen LogP contribution in [0.2, 0.25) is 0 Å². The molecule has 0 radical (unpaired) electrons. The molecule has 3 heteroatoms. The zero-order valence-corrected chi connectivity index (χ0v) is 10.8. The molecule has 2 aromatic rings. The average Bonchev–Trinajstić information content (AvgIpc) is 2.33. The van der Waals surface area contributed by atoms with Gasteiger partial charge in [-0.15, -0.1) is 0 Å². The van der Waals surface area contributed by atoms with E-state index in [0.29, 0.717) is 0 Å². The summed E-state index contributed by atoms with van der Waals surface area (Å²) in [5, 5.41) is 1.28. The van der Waals surface area contributed by atoms with E-state index in [1.165, 1.54) is 10.9 Å². The second kappa shape index (κ2) is 4.91. The maximum atomic E-state index is 3.12. The molecular formula is C8H9MgNZn. The fourth-order valence-corrected chi connectivity index (χ4v) is 0.995. The number of aromatic amines is 1. The quantitative estimate of drug-likeness (QED) is 0.638. The Morgan fingerprint density at radius 2 is 1.82 bits per heavy atom. The van der Waals surface area contributed by atoms with Crippen molar-refractivity contribution >= 4 is 34.0 Å². The van der Waals surface area contributed by atoms with E-state index in [0.717, 1.165) is 0 Å². The SMILES string of the molecule is [H-].[H-].[Mg+2].[Zn].c1ccc2[nH]ccc2c1. The van der Waals surface area contributed by atoms with Crippen molar-refractivity contribution in [3.8, 4) is 0 Å². The van der Waals surface area contributed by atoms with Gasteiger partial charge in [0.2, 0.25) is 0 Å². The standard InChI is InChI=1S/C8H7N.Mg.Zn.2H/c1-2-4-8-7(3-1)5-6-9-8;;;;/h1-6,9H;;;;/q;+2;;2*-1. The molecule has 2 rings (SSSR count). The molecule has 1 heterocycles. The molecule has 0 amide bonds. The maximum absolute atomic E-state index is 3.12. The third-order valence-electron chi connectivity index (χ3n) is 1.46. The van der Waals surface area contributed by atoms with Gasteiger partial charge in [0.05, 0.1) is 0 Å². The van der Waals surface area contributed by atoms with E-state index in [4.69, 9.17) is 0 Å². The minimum atomic E-state index is 0. The number of hydrogen-bond acceptors (Lipinski definition) is 0. The largest absolute Gasteiger partial charge is 2.00 e. The van der Waals surface area contributed by atoms with Gasteiger partial charge in [0, 0.05) is 31.2 Å². The Kier molecular flexibility index (Phi) is 4.98. The van der Waals surface area contributed by atoms with Crippen molar-refractivity contribution in [3.05, 3.63) is 36.5 Å². The predicted molar refractivity (Wildman–Crippen MR) is 46.3 cm³/mol. The topological polar surface area (TPSA) is 15.8 Å². The summed E-state index contributed by atoms with van der Waals surface area (Å²) in [6.07, 6.45) is 1.95. The van der Waals surface area contributed by atoms with Crippen LogP contribution in [0.25, 0.3) is 10.9 Å². The minimum absolute atomic E-state index is 0. The second-order valence-electron chi connectivity index (χ2n) is 2.06. The zero-order valence-electron chi connectivity index (χ0n) is 8.38. The van der Waals surface area contributed by atoms with Gasteiger partial charge in [-0.25, -0.2) is 0 Å². The molecule has 1 N–H and O–H groups in total. The van der Waals surface area contributed by atoms with E-state index in [-0.39, 0.29) is 45.4 Å². The van der Waals surface area contributed by atoms with Crippen LogP contribution < -0.4 is 0 Å². The first-order valence-corrected chi connectivity index (χ1v) is 2.99. The first-order chi connectivity index (χ1) is 4.47. The number of aromatic nitrogens is 1. The summed E-state index contributed by atoms with van der Waals surface area (Å²) >= 11 is 0. The number of fused-ring (bicyclic) bond motifs is 1. The van der Waals surface area contributed by atoms with Gasteiger partial charge in [0.25, 0.3) is 0 Å². The molecule has 0 spiro atoms. The van der Waals surface area contributed by atoms with Crippen LogP contribution in [0, 0.1) is 0 Å². The molecule has 1 aromatic carbocycles. The Labute approximate surface area is 97.4 Å². The maximum Gasteiger partial charge on any atom is 2.00 e. The van der Waals surface area contributed by atoms with Crippen LogP contribution in [0.3, 0.4) is 0 Å². The molecule has 0 saturated heterocycles. The number of para-hydroxylation sites is 1. The average molecular weight is 209 g/mol. The van der Waals surface area contributed by atoms with E-state index in [9.17, 15) is 0 Å². The smallest absolute Gasteiger partial charge is 1.00 e. The third-order valence-corrected chi connectivity index (χ3v) is 1.46. The van der Waals surface area contributed by atoms with Crippen LogP contribution in [-0.4, -0.2) is 28.0 Å². The monoisotopic (exact) mass is 207 g/mol. The third kappa shape index (κ3) is 2.29. The predicted octanol–water partition coefficient (Wildman–Crippen LogP) is 2.01. The first kappa shape index (κ1) is 11.1. The van der Waals surface area contributed by atoms with Gasteiger partial charge in [-0.1, -0.05) is 18.2 Å². The normalized spacial score (nSPS) is 8.36. The van der Waals surface area contributed by atoms with E-state index in [2.05, 4.69) is 23.2 Å². The van der Waals surface area contributed by atoms with Crippen LogP contribution in [0.1, 0.15) is 2.85 Å². The second-order valence-corrected chi connectivity index (χ2v) is 2.06. The van der Waals surface area contributed by atoms with Crippen LogP contribution in [0.15, 0.2) is 36.5 Å². The van der Waals surface area contributed by atoms with E-state index in [1.807, 2.05) is 18.3 Å². The van der Waals surface area contributed by atoms with Crippen LogP contribution in [0.5, 0.6) is 0 Å². The Hall–Kier alpha value is 0.150. The number of nitrogens with one attached hydrogen (secondary N) is 1. The molecule has 50 valence electrons. The van der Waals surface area contributed by atoms with Crippen molar-refractivity contribution in [1.82, 2.24) is 4.98 Å². The molecule has 0 aliphatic rings. The molecule has 1 aromatic heterocycles. The van der Waals surface area contributed by atoms with E-state index < -0.39 is 0 Å². The van der Waals surface area contributed by atoms with Gasteiger partial charge >= 0.3 is 23.1 Å². The van der Waals surface area contributed by atoms with Gasteiger partial charge in [-0.2, -0.15) is 0 Å². The molecule has 0 saturated carbocycles. The summed E-state index contributed by atoms with van der Waals surface area (Å²) in [5.41, 5.74) is 1.21. The first-order valence-electron chi connectivity index (χ1n) is 2.99. The fraction of sp³-hybridized carbons (Fsp3) is 0. The molecule has 1 nitrogen and oxygen atoms in total. The molecule has 0 fully saturated rings. The molecular weight excluding hydrogens is 200 g/mol. The number of rotatable bonds is 0. The van der Waals surface area contributed by atoms with Gasteiger partial charge in [-0.05, 0) is 17.5 Å². The van der Waals surface area contributed by atoms with Crippen LogP contribution >= 0.6 is 0 Å². The summed E-state index contributed by atoms with van der Waals surface area (Å²) in [6.45, 7) is 0.